The van der Waals surface area contributed by atoms with E-state index in [0.29, 0.717) is 31.7 Å². The summed E-state index contributed by atoms with van der Waals surface area (Å²) in [4.78, 5) is 14.2. The van der Waals surface area contributed by atoms with Crippen LogP contribution in [-0.2, 0) is 16.0 Å². The molecule has 2 aromatic rings. The molecule has 27 heavy (non-hydrogen) atoms. The molecule has 1 aliphatic heterocycles. The van der Waals surface area contributed by atoms with Gasteiger partial charge in [0, 0.05) is 44.2 Å². The summed E-state index contributed by atoms with van der Waals surface area (Å²) in [5, 5.41) is 18.1. The van der Waals surface area contributed by atoms with E-state index in [1.165, 1.54) is 0 Å². The first-order valence-corrected chi connectivity index (χ1v) is 9.21. The second kappa shape index (κ2) is 9.31. The van der Waals surface area contributed by atoms with E-state index in [1.807, 2.05) is 19.9 Å². The van der Waals surface area contributed by atoms with Crippen LogP contribution >= 0.6 is 0 Å². The monoisotopic (exact) mass is 374 g/mol. The number of carbonyl (C=O) groups is 1. The van der Waals surface area contributed by atoms with Crippen molar-refractivity contribution < 1.29 is 14.1 Å². The van der Waals surface area contributed by atoms with Crippen molar-refractivity contribution in [3.05, 3.63) is 29.3 Å². The molecule has 0 radical (unpaired) electrons. The molecular weight excluding hydrogens is 348 g/mol. The molecule has 1 aliphatic rings. The van der Waals surface area contributed by atoms with E-state index in [4.69, 9.17) is 9.26 Å². The van der Waals surface area contributed by atoms with Crippen molar-refractivity contribution in [2.24, 2.45) is 0 Å². The third-order valence-corrected chi connectivity index (χ3v) is 4.55. The van der Waals surface area contributed by atoms with Crippen LogP contribution in [0, 0.1) is 13.8 Å². The van der Waals surface area contributed by atoms with Gasteiger partial charge in [0.05, 0.1) is 30.8 Å². The summed E-state index contributed by atoms with van der Waals surface area (Å²) in [6, 6.07) is 1.97. The Labute approximate surface area is 158 Å². The molecule has 0 bridgehead atoms. The number of aromatic nitrogens is 3. The Hall–Kier alpha value is -2.68. The van der Waals surface area contributed by atoms with Crippen LogP contribution in [0.1, 0.15) is 23.4 Å². The fourth-order valence-corrected chi connectivity index (χ4v) is 3.02. The van der Waals surface area contributed by atoms with Crippen molar-refractivity contribution in [3.8, 4) is 0 Å². The highest BCUT2D eigenvalue weighted by atomic mass is 16.5. The summed E-state index contributed by atoms with van der Waals surface area (Å²) in [5.41, 5.74) is 2.89. The van der Waals surface area contributed by atoms with Gasteiger partial charge in [-0.1, -0.05) is 5.16 Å². The molecule has 1 fully saturated rings. The summed E-state index contributed by atoms with van der Waals surface area (Å²) < 4.78 is 10.5. The number of nitrogens with zero attached hydrogens (tertiary/aromatic N) is 4. The summed E-state index contributed by atoms with van der Waals surface area (Å²) in [6.07, 6.45) is 2.80. The smallest absolute Gasteiger partial charge is 0.220 e. The summed E-state index contributed by atoms with van der Waals surface area (Å²) >= 11 is 0. The zero-order chi connectivity index (χ0) is 19.1. The number of amides is 1. The number of ether oxygens (including phenoxy) is 1. The van der Waals surface area contributed by atoms with E-state index in [9.17, 15) is 4.79 Å². The number of nitrogens with one attached hydrogen (secondary N) is 2. The molecule has 3 heterocycles. The predicted octanol–water partition coefficient (Wildman–Crippen LogP) is 1.08. The lowest BCUT2D eigenvalue weighted by atomic mass is 10.1. The van der Waals surface area contributed by atoms with Gasteiger partial charge in [0.2, 0.25) is 5.91 Å². The van der Waals surface area contributed by atoms with Crippen molar-refractivity contribution in [1.82, 2.24) is 20.7 Å². The average molecular weight is 374 g/mol. The van der Waals surface area contributed by atoms with E-state index in [0.717, 1.165) is 49.0 Å². The Morgan fingerprint density at radius 3 is 2.81 bits per heavy atom. The van der Waals surface area contributed by atoms with Crippen LogP contribution in [0.2, 0.25) is 0 Å². The van der Waals surface area contributed by atoms with Crippen molar-refractivity contribution in [1.29, 1.82) is 0 Å². The minimum absolute atomic E-state index is 0.00458. The van der Waals surface area contributed by atoms with Gasteiger partial charge in [0.25, 0.3) is 0 Å². The van der Waals surface area contributed by atoms with Gasteiger partial charge in [0.15, 0.2) is 5.82 Å². The molecule has 1 saturated heterocycles. The maximum absolute atomic E-state index is 12.0. The zero-order valence-corrected chi connectivity index (χ0v) is 15.8. The number of aryl methyl sites for hydroxylation is 2. The molecule has 9 heteroatoms. The van der Waals surface area contributed by atoms with Gasteiger partial charge in [-0.25, -0.2) is 0 Å². The molecule has 3 rings (SSSR count). The molecule has 0 aromatic carbocycles. The molecule has 0 unspecified atom stereocenters. The molecule has 0 spiro atoms. The first kappa shape index (κ1) is 19.1. The van der Waals surface area contributed by atoms with Gasteiger partial charge in [-0.15, -0.1) is 5.10 Å². The number of hydrogen-bond acceptors (Lipinski definition) is 8. The Bertz CT molecular complexity index is 738. The number of rotatable bonds is 8. The van der Waals surface area contributed by atoms with Crippen molar-refractivity contribution in [2.45, 2.75) is 26.7 Å². The SMILES string of the molecule is Cc1noc(C)c1CCC(=O)NCCNc1cc(N2CCOCC2)cnn1. The summed E-state index contributed by atoms with van der Waals surface area (Å²) in [5.74, 6) is 1.48. The highest BCUT2D eigenvalue weighted by molar-refractivity contribution is 5.76. The molecule has 0 saturated carbocycles. The third-order valence-electron chi connectivity index (χ3n) is 4.55. The molecular formula is C18H26N6O3. The van der Waals surface area contributed by atoms with Gasteiger partial charge in [-0.2, -0.15) is 5.10 Å². The normalized spacial score (nSPS) is 14.2. The lowest BCUT2D eigenvalue weighted by molar-refractivity contribution is -0.120. The zero-order valence-electron chi connectivity index (χ0n) is 15.8. The van der Waals surface area contributed by atoms with E-state index < -0.39 is 0 Å². The minimum Gasteiger partial charge on any atom is -0.378 e. The van der Waals surface area contributed by atoms with Gasteiger partial charge >= 0.3 is 0 Å². The Morgan fingerprint density at radius 1 is 1.26 bits per heavy atom. The number of carbonyl (C=O) groups excluding carboxylic acids is 1. The van der Waals surface area contributed by atoms with E-state index in [1.54, 1.807) is 6.20 Å². The summed E-state index contributed by atoms with van der Waals surface area (Å²) in [6.45, 7) is 8.01. The van der Waals surface area contributed by atoms with E-state index in [-0.39, 0.29) is 5.91 Å². The molecule has 0 aliphatic carbocycles. The first-order chi connectivity index (χ1) is 13.1. The maximum Gasteiger partial charge on any atom is 0.220 e. The minimum atomic E-state index is 0.00458. The predicted molar refractivity (Wildman–Crippen MR) is 101 cm³/mol. The van der Waals surface area contributed by atoms with Crippen molar-refractivity contribution in [3.63, 3.8) is 0 Å². The van der Waals surface area contributed by atoms with Crippen LogP contribution in [0.5, 0.6) is 0 Å². The Kier molecular flexibility index (Phi) is 6.59. The highest BCUT2D eigenvalue weighted by Crippen LogP contribution is 2.17. The molecule has 1 amide bonds. The Morgan fingerprint density at radius 2 is 2.07 bits per heavy atom. The first-order valence-electron chi connectivity index (χ1n) is 9.21. The van der Waals surface area contributed by atoms with Crippen LogP contribution in [0.15, 0.2) is 16.8 Å². The van der Waals surface area contributed by atoms with Crippen molar-refractivity contribution >= 4 is 17.4 Å². The molecule has 146 valence electrons. The standard InChI is InChI=1S/C18H26N6O3/c1-13-16(14(2)27-23-13)3-4-18(25)20-6-5-19-17-11-15(12-21-22-17)24-7-9-26-10-8-24/h11-12H,3-10H2,1-2H3,(H,19,22)(H,20,25). The summed E-state index contributed by atoms with van der Waals surface area (Å²) in [7, 11) is 0. The van der Waals surface area contributed by atoms with Gasteiger partial charge < -0.3 is 24.8 Å². The van der Waals surface area contributed by atoms with Crippen LogP contribution in [0.25, 0.3) is 0 Å². The molecule has 0 atom stereocenters. The third kappa shape index (κ3) is 5.40. The fourth-order valence-electron chi connectivity index (χ4n) is 3.02. The van der Waals surface area contributed by atoms with Crippen LogP contribution in [0.4, 0.5) is 11.5 Å². The maximum atomic E-state index is 12.0. The average Bonchev–Trinajstić information content (AvgIpc) is 3.02. The number of hydrogen-bond donors (Lipinski definition) is 2. The van der Waals surface area contributed by atoms with Crippen molar-refractivity contribution in [2.75, 3.05) is 49.6 Å². The lowest BCUT2D eigenvalue weighted by Gasteiger charge is -2.28. The van der Waals surface area contributed by atoms with Gasteiger partial charge in [0.1, 0.15) is 5.76 Å². The van der Waals surface area contributed by atoms with Gasteiger partial charge in [-0.3, -0.25) is 4.79 Å². The quantitative estimate of drug-likeness (QED) is 0.661. The highest BCUT2D eigenvalue weighted by Gasteiger charge is 2.13. The van der Waals surface area contributed by atoms with Gasteiger partial charge in [-0.05, 0) is 20.3 Å². The number of morpholine rings is 1. The topological polar surface area (TPSA) is 105 Å². The van der Waals surface area contributed by atoms with E-state index in [2.05, 4.69) is 30.9 Å². The number of anilines is 2. The molecule has 2 aromatic heterocycles. The second-order valence-corrected chi connectivity index (χ2v) is 6.48. The second-order valence-electron chi connectivity index (χ2n) is 6.48. The lowest BCUT2D eigenvalue weighted by Crippen LogP contribution is -2.36. The largest absolute Gasteiger partial charge is 0.378 e. The van der Waals surface area contributed by atoms with Crippen LogP contribution < -0.4 is 15.5 Å². The molecule has 9 nitrogen and oxygen atoms in total. The molecule has 2 N–H and O–H groups in total. The van der Waals surface area contributed by atoms with Crippen LogP contribution in [-0.4, -0.2) is 60.7 Å². The van der Waals surface area contributed by atoms with E-state index >= 15 is 0 Å². The Balaban J connectivity index is 1.38. The van der Waals surface area contributed by atoms with Crippen LogP contribution in [0.3, 0.4) is 0 Å². The fraction of sp³-hybridized carbons (Fsp3) is 0.556.